The van der Waals surface area contributed by atoms with Gasteiger partial charge in [0.25, 0.3) is 0 Å². The lowest BCUT2D eigenvalue weighted by atomic mass is 10.2. The van der Waals surface area contributed by atoms with Crippen LogP contribution in [0.1, 0.15) is 53.4 Å². The molecule has 0 fully saturated rings. The van der Waals surface area contributed by atoms with E-state index < -0.39 is 0 Å². The molecule has 0 aliphatic carbocycles. The van der Waals surface area contributed by atoms with Gasteiger partial charge in [-0.2, -0.15) is 0 Å². The molecule has 0 saturated carbocycles. The highest BCUT2D eigenvalue weighted by Crippen LogP contribution is 1.98. The van der Waals surface area contributed by atoms with Crippen LogP contribution >= 0.6 is 0 Å². The van der Waals surface area contributed by atoms with Gasteiger partial charge in [-0.25, -0.2) is 15.3 Å². The van der Waals surface area contributed by atoms with E-state index in [0.29, 0.717) is 13.1 Å². The predicted octanol–water partition coefficient (Wildman–Crippen LogP) is 2.91. The molecule has 2 N–H and O–H groups in total. The molecule has 15 heavy (non-hydrogen) atoms. The molecule has 0 amide bonds. The molecule has 0 spiro atoms. The van der Waals surface area contributed by atoms with Gasteiger partial charge >= 0.3 is 0 Å². The summed E-state index contributed by atoms with van der Waals surface area (Å²) in [6.45, 7) is 9.22. The first-order valence-corrected chi connectivity index (χ1v) is 5.82. The van der Waals surface area contributed by atoms with E-state index in [1.54, 1.807) is 0 Å². The number of nitrogens with one attached hydrogen (secondary N) is 1. The molecule has 0 heterocycles. The third-order valence-electron chi connectivity index (χ3n) is 1.37. The topological polar surface area (TPSA) is 61.7 Å². The first kappa shape index (κ1) is 19.8. The van der Waals surface area contributed by atoms with Crippen molar-refractivity contribution in [2.45, 2.75) is 53.4 Å². The number of rotatable bonds is 7. The Morgan fingerprint density at radius 3 is 2.07 bits per heavy atom. The quantitative estimate of drug-likeness (QED) is 0.299. The Hall–Kier alpha value is -0.700. The van der Waals surface area contributed by atoms with Gasteiger partial charge in [-0.3, -0.25) is 0 Å². The first-order chi connectivity index (χ1) is 7.41. The lowest BCUT2D eigenvalue weighted by Gasteiger charge is -1.96. The Kier molecular flexibility index (Phi) is 38.6. The molecule has 0 aliphatic rings. The number of unbranched alkanes of at least 4 members (excludes halogenated alkanes) is 3. The van der Waals surface area contributed by atoms with Crippen LogP contribution in [0.4, 0.5) is 0 Å². The van der Waals surface area contributed by atoms with Crippen LogP contribution in [0.3, 0.4) is 0 Å². The summed E-state index contributed by atoms with van der Waals surface area (Å²) < 4.78 is 0. The van der Waals surface area contributed by atoms with Crippen LogP contribution in [-0.4, -0.2) is 24.4 Å². The van der Waals surface area contributed by atoms with E-state index in [1.807, 2.05) is 27.7 Å². The fraction of sp³-hybridized carbons (Fsp3) is 0.909. The summed E-state index contributed by atoms with van der Waals surface area (Å²) in [5, 5.41) is 8.19. The molecule has 0 saturated heterocycles. The molecule has 0 aliphatic heterocycles. The fourth-order valence-electron chi connectivity index (χ4n) is 0.794. The van der Waals surface area contributed by atoms with Crippen LogP contribution in [0.2, 0.25) is 0 Å². The highest BCUT2D eigenvalue weighted by Gasteiger charge is 1.87. The normalized spacial score (nSPS) is 7.53. The SMILES string of the molecule is CC.CC.O=C=NCCCCCCNO. The Bertz CT molecular complexity index is 124. The van der Waals surface area contributed by atoms with Gasteiger partial charge in [-0.1, -0.05) is 40.5 Å². The molecule has 0 aromatic rings. The van der Waals surface area contributed by atoms with Crippen molar-refractivity contribution in [1.82, 2.24) is 5.48 Å². The molecule has 0 bridgehead atoms. The number of hydrogen-bond acceptors (Lipinski definition) is 4. The molecule has 0 rings (SSSR count). The fourth-order valence-corrected chi connectivity index (χ4v) is 0.794. The standard InChI is InChI=1S/C7H14N2O2.2C2H6/c10-7-8-5-3-1-2-4-6-9-11;2*1-2/h9,11H,1-6H2;2*1-2H3. The van der Waals surface area contributed by atoms with Gasteiger partial charge in [0.1, 0.15) is 0 Å². The van der Waals surface area contributed by atoms with E-state index in [2.05, 4.69) is 10.5 Å². The molecule has 0 aromatic carbocycles. The van der Waals surface area contributed by atoms with Crippen LogP contribution in [0.5, 0.6) is 0 Å². The molecule has 4 nitrogen and oxygen atoms in total. The summed E-state index contributed by atoms with van der Waals surface area (Å²) in [5.41, 5.74) is 2.08. The van der Waals surface area contributed by atoms with Crippen molar-refractivity contribution in [2.75, 3.05) is 13.1 Å². The molecule has 92 valence electrons. The monoisotopic (exact) mass is 218 g/mol. The van der Waals surface area contributed by atoms with Gasteiger partial charge in [-0.05, 0) is 12.8 Å². The van der Waals surface area contributed by atoms with Gasteiger partial charge < -0.3 is 5.21 Å². The minimum Gasteiger partial charge on any atom is -0.317 e. The van der Waals surface area contributed by atoms with Crippen molar-refractivity contribution in [3.05, 3.63) is 0 Å². The van der Waals surface area contributed by atoms with E-state index in [1.165, 1.54) is 6.08 Å². The van der Waals surface area contributed by atoms with Crippen LogP contribution < -0.4 is 5.48 Å². The zero-order chi connectivity index (χ0) is 12.4. The molecule has 0 unspecified atom stereocenters. The maximum Gasteiger partial charge on any atom is 0.234 e. The number of isocyanates is 1. The zero-order valence-electron chi connectivity index (χ0n) is 10.5. The lowest BCUT2D eigenvalue weighted by Crippen LogP contribution is -2.07. The maximum absolute atomic E-state index is 9.61. The number of nitrogens with zero attached hydrogens (tertiary/aromatic N) is 1. The largest absolute Gasteiger partial charge is 0.317 e. The Labute approximate surface area is 93.8 Å². The average molecular weight is 218 g/mol. The molecule has 0 radical (unpaired) electrons. The molecule has 0 atom stereocenters. The number of hydroxylamine groups is 1. The third-order valence-corrected chi connectivity index (χ3v) is 1.37. The second-order valence-electron chi connectivity index (χ2n) is 2.30. The Balaban J connectivity index is -0.000000318. The second kappa shape index (κ2) is 29.2. The van der Waals surface area contributed by atoms with Crippen LogP contribution in [-0.2, 0) is 4.79 Å². The summed E-state index contributed by atoms with van der Waals surface area (Å²) in [6.07, 6.45) is 5.49. The highest BCUT2D eigenvalue weighted by molar-refractivity contribution is 5.32. The van der Waals surface area contributed by atoms with Crippen molar-refractivity contribution in [1.29, 1.82) is 0 Å². The van der Waals surface area contributed by atoms with E-state index in [0.717, 1.165) is 25.7 Å². The van der Waals surface area contributed by atoms with Crippen molar-refractivity contribution in [3.8, 4) is 0 Å². The van der Waals surface area contributed by atoms with Gasteiger partial charge in [0.2, 0.25) is 6.08 Å². The Morgan fingerprint density at radius 1 is 1.07 bits per heavy atom. The molecular formula is C11H26N2O2. The number of hydrogen-bond donors (Lipinski definition) is 2. The van der Waals surface area contributed by atoms with Gasteiger partial charge in [0, 0.05) is 6.54 Å². The van der Waals surface area contributed by atoms with E-state index in [-0.39, 0.29) is 0 Å². The molecule has 0 aromatic heterocycles. The number of aliphatic imine (C=N–C) groups is 1. The van der Waals surface area contributed by atoms with Crippen molar-refractivity contribution >= 4 is 6.08 Å². The average Bonchev–Trinajstić information content (AvgIpc) is 2.33. The van der Waals surface area contributed by atoms with E-state index >= 15 is 0 Å². The molecule has 4 heteroatoms. The van der Waals surface area contributed by atoms with Crippen molar-refractivity contribution in [2.24, 2.45) is 4.99 Å². The van der Waals surface area contributed by atoms with Gasteiger partial charge in [0.05, 0.1) is 6.54 Å². The van der Waals surface area contributed by atoms with Crippen LogP contribution in [0.25, 0.3) is 0 Å². The van der Waals surface area contributed by atoms with Crippen molar-refractivity contribution in [3.63, 3.8) is 0 Å². The highest BCUT2D eigenvalue weighted by atomic mass is 16.5. The zero-order valence-corrected chi connectivity index (χ0v) is 10.5. The van der Waals surface area contributed by atoms with Crippen LogP contribution in [0.15, 0.2) is 4.99 Å². The minimum absolute atomic E-state index is 0.579. The van der Waals surface area contributed by atoms with Crippen molar-refractivity contribution < 1.29 is 10.0 Å². The van der Waals surface area contributed by atoms with E-state index in [4.69, 9.17) is 5.21 Å². The lowest BCUT2D eigenvalue weighted by molar-refractivity contribution is 0.164. The third kappa shape index (κ3) is 31.9. The maximum atomic E-state index is 9.61. The smallest absolute Gasteiger partial charge is 0.234 e. The summed E-state index contributed by atoms with van der Waals surface area (Å²) in [5.74, 6) is 0. The van der Waals surface area contributed by atoms with E-state index in [9.17, 15) is 4.79 Å². The summed E-state index contributed by atoms with van der Waals surface area (Å²) >= 11 is 0. The Morgan fingerprint density at radius 2 is 1.60 bits per heavy atom. The second-order valence-corrected chi connectivity index (χ2v) is 2.30. The van der Waals surface area contributed by atoms with Gasteiger partial charge in [-0.15, -0.1) is 0 Å². The first-order valence-electron chi connectivity index (χ1n) is 5.82. The summed E-state index contributed by atoms with van der Waals surface area (Å²) in [6, 6.07) is 0. The van der Waals surface area contributed by atoms with Gasteiger partial charge in [0.15, 0.2) is 0 Å². The molecular weight excluding hydrogens is 192 g/mol. The minimum atomic E-state index is 0.579. The summed E-state index contributed by atoms with van der Waals surface area (Å²) in [7, 11) is 0. The number of carbonyl (C=O) groups excluding carboxylic acids is 1. The summed E-state index contributed by atoms with van der Waals surface area (Å²) in [4.78, 5) is 13.0. The van der Waals surface area contributed by atoms with Crippen LogP contribution in [0, 0.1) is 0 Å². The predicted molar refractivity (Wildman–Crippen MR) is 63.9 cm³/mol.